The molecule has 0 unspecified atom stereocenters. The molecule has 0 spiro atoms. The average molecular weight is 224 g/mol. The fourth-order valence-corrected chi connectivity index (χ4v) is 0.632. The van der Waals surface area contributed by atoms with E-state index in [1.807, 2.05) is 0 Å². The normalized spacial score (nSPS) is 11.8. The molecule has 0 aliphatic heterocycles. The molecular weight excluding hydrogens is 204 g/mol. The standard InChI is InChI=1S/C6H14N2O2.C2H6OS/c7-4-2-1-3-5(8)6(9)10;1-4(2)3/h5H,1-4,7-8H2,(H,9,10);1-2H3/t5-;/m0./s1. The van der Waals surface area contributed by atoms with E-state index in [-0.39, 0.29) is 0 Å². The van der Waals surface area contributed by atoms with Crippen LogP contribution in [0, 0.1) is 0 Å². The number of rotatable bonds is 5. The first kappa shape index (κ1) is 16.0. The van der Waals surface area contributed by atoms with Crippen molar-refractivity contribution in [3.8, 4) is 0 Å². The molecule has 5 nitrogen and oxygen atoms in total. The molecule has 86 valence electrons. The van der Waals surface area contributed by atoms with Gasteiger partial charge in [0.2, 0.25) is 0 Å². The van der Waals surface area contributed by atoms with Crippen molar-refractivity contribution in [2.45, 2.75) is 25.3 Å². The number of nitrogens with two attached hydrogens (primary N) is 2. The summed E-state index contributed by atoms with van der Waals surface area (Å²) in [5, 5.41) is 8.33. The number of unbranched alkanes of at least 4 members (excludes halogenated alkanes) is 1. The molecule has 0 saturated carbocycles. The van der Waals surface area contributed by atoms with E-state index in [1.54, 1.807) is 12.5 Å². The van der Waals surface area contributed by atoms with Crippen LogP contribution in [-0.2, 0) is 15.6 Å². The summed E-state index contributed by atoms with van der Waals surface area (Å²) in [6.45, 7) is 0.604. The molecule has 5 N–H and O–H groups in total. The Morgan fingerprint density at radius 3 is 2.14 bits per heavy atom. The van der Waals surface area contributed by atoms with Gasteiger partial charge in [0.25, 0.3) is 0 Å². The van der Waals surface area contributed by atoms with Gasteiger partial charge in [-0.1, -0.05) is 6.42 Å². The Labute approximate surface area is 87.3 Å². The Kier molecular flexibility index (Phi) is 12.1. The average Bonchev–Trinajstić information content (AvgIpc) is 2.03. The highest BCUT2D eigenvalue weighted by Crippen LogP contribution is 1.96. The van der Waals surface area contributed by atoms with Gasteiger partial charge in [-0.05, 0) is 19.4 Å². The quantitative estimate of drug-likeness (QED) is 0.547. The Morgan fingerprint density at radius 2 is 1.86 bits per heavy atom. The van der Waals surface area contributed by atoms with Crippen molar-refractivity contribution < 1.29 is 14.1 Å². The molecule has 6 heteroatoms. The lowest BCUT2D eigenvalue weighted by Crippen LogP contribution is -2.29. The number of hydrogen-bond donors (Lipinski definition) is 3. The highest BCUT2D eigenvalue weighted by Gasteiger charge is 2.09. The van der Waals surface area contributed by atoms with E-state index in [0.717, 1.165) is 12.8 Å². The van der Waals surface area contributed by atoms with Gasteiger partial charge < -0.3 is 16.6 Å². The van der Waals surface area contributed by atoms with Crippen LogP contribution < -0.4 is 11.5 Å². The van der Waals surface area contributed by atoms with Crippen molar-refractivity contribution in [1.29, 1.82) is 0 Å². The topological polar surface area (TPSA) is 106 Å². The Morgan fingerprint density at radius 1 is 1.43 bits per heavy atom. The molecule has 0 bridgehead atoms. The van der Waals surface area contributed by atoms with E-state index in [1.165, 1.54) is 0 Å². The Bertz CT molecular complexity index is 172. The van der Waals surface area contributed by atoms with E-state index in [9.17, 15) is 9.00 Å². The van der Waals surface area contributed by atoms with Crippen molar-refractivity contribution in [2.75, 3.05) is 19.1 Å². The van der Waals surface area contributed by atoms with Gasteiger partial charge >= 0.3 is 5.97 Å². The molecule has 0 aliphatic rings. The first-order chi connectivity index (χ1) is 6.41. The zero-order valence-corrected chi connectivity index (χ0v) is 9.55. The number of carboxylic acid groups (broad SMARTS) is 1. The van der Waals surface area contributed by atoms with Crippen LogP contribution in [0.4, 0.5) is 0 Å². The third-order valence-corrected chi connectivity index (χ3v) is 1.29. The van der Waals surface area contributed by atoms with Gasteiger partial charge in [0.05, 0.1) is 0 Å². The molecule has 0 rings (SSSR count). The number of carbonyl (C=O) groups is 1. The lowest BCUT2D eigenvalue weighted by atomic mass is 10.1. The molecular formula is C8H20N2O3S. The first-order valence-electron chi connectivity index (χ1n) is 4.35. The van der Waals surface area contributed by atoms with Crippen molar-refractivity contribution in [1.82, 2.24) is 0 Å². The van der Waals surface area contributed by atoms with Crippen molar-refractivity contribution in [2.24, 2.45) is 11.5 Å². The molecule has 0 radical (unpaired) electrons. The highest BCUT2D eigenvalue weighted by atomic mass is 32.2. The van der Waals surface area contributed by atoms with E-state index in [0.29, 0.717) is 13.0 Å². The monoisotopic (exact) mass is 224 g/mol. The molecule has 1 atom stereocenters. The van der Waals surface area contributed by atoms with Crippen LogP contribution in [0.5, 0.6) is 0 Å². The second-order valence-corrected chi connectivity index (χ2v) is 4.45. The van der Waals surface area contributed by atoms with E-state index in [4.69, 9.17) is 16.6 Å². The third-order valence-electron chi connectivity index (χ3n) is 1.29. The van der Waals surface area contributed by atoms with Gasteiger partial charge in [0.15, 0.2) is 0 Å². The maximum Gasteiger partial charge on any atom is 0.320 e. The fraction of sp³-hybridized carbons (Fsp3) is 0.875. The van der Waals surface area contributed by atoms with Gasteiger partial charge in [-0.25, -0.2) is 0 Å². The predicted molar refractivity (Wildman–Crippen MR) is 58.5 cm³/mol. The third kappa shape index (κ3) is 17.6. The maximum atomic E-state index is 10.1. The van der Waals surface area contributed by atoms with Gasteiger partial charge in [-0.15, -0.1) is 0 Å². The van der Waals surface area contributed by atoms with Crippen molar-refractivity contribution >= 4 is 16.8 Å². The number of aliphatic carboxylic acids is 1. The summed E-state index contributed by atoms with van der Waals surface area (Å²) in [5.41, 5.74) is 10.4. The summed E-state index contributed by atoms with van der Waals surface area (Å²) in [4.78, 5) is 10.1. The molecule has 0 fully saturated rings. The van der Waals surface area contributed by atoms with Crippen LogP contribution in [-0.4, -0.2) is 40.4 Å². The van der Waals surface area contributed by atoms with Crippen LogP contribution >= 0.6 is 0 Å². The summed E-state index contributed by atoms with van der Waals surface area (Å²) in [6.07, 6.45) is 5.44. The molecule has 0 aromatic heterocycles. The smallest absolute Gasteiger partial charge is 0.320 e. The lowest BCUT2D eigenvalue weighted by molar-refractivity contribution is -0.138. The van der Waals surface area contributed by atoms with Gasteiger partial charge in [-0.2, -0.15) is 0 Å². The minimum Gasteiger partial charge on any atom is -0.480 e. The largest absolute Gasteiger partial charge is 0.480 e. The van der Waals surface area contributed by atoms with Crippen LogP contribution in [0.2, 0.25) is 0 Å². The van der Waals surface area contributed by atoms with E-state index < -0.39 is 22.8 Å². The summed E-state index contributed by atoms with van der Waals surface area (Å²) >= 11 is 0. The number of hydrogen-bond acceptors (Lipinski definition) is 4. The molecule has 0 aromatic rings. The molecule has 0 saturated heterocycles. The molecule has 0 heterocycles. The second kappa shape index (κ2) is 10.6. The minimum atomic E-state index is -0.933. The SMILES string of the molecule is CS(C)=O.NCCCC[C@H](N)C(=O)O. The van der Waals surface area contributed by atoms with Crippen LogP contribution in [0.1, 0.15) is 19.3 Å². The Hall–Kier alpha value is -0.460. The zero-order valence-electron chi connectivity index (χ0n) is 8.73. The van der Waals surface area contributed by atoms with Gasteiger partial charge in [-0.3, -0.25) is 9.00 Å². The summed E-state index contributed by atoms with van der Waals surface area (Å²) in [6, 6.07) is -0.716. The molecule has 0 aliphatic carbocycles. The first-order valence-corrected chi connectivity index (χ1v) is 6.32. The molecule has 0 amide bonds. The lowest BCUT2D eigenvalue weighted by Gasteiger charge is -2.03. The Balaban J connectivity index is 0. The number of carboxylic acids is 1. The predicted octanol–water partition coefficient (Wildman–Crippen LogP) is -0.478. The van der Waals surface area contributed by atoms with Gasteiger partial charge in [0.1, 0.15) is 6.04 Å². The van der Waals surface area contributed by atoms with Crippen LogP contribution in [0.15, 0.2) is 0 Å². The van der Waals surface area contributed by atoms with Crippen LogP contribution in [0.25, 0.3) is 0 Å². The van der Waals surface area contributed by atoms with Gasteiger partial charge in [0, 0.05) is 23.3 Å². The highest BCUT2D eigenvalue weighted by molar-refractivity contribution is 7.83. The van der Waals surface area contributed by atoms with E-state index in [2.05, 4.69) is 0 Å². The summed E-state index contributed by atoms with van der Waals surface area (Å²) < 4.78 is 9.56. The fourth-order valence-electron chi connectivity index (χ4n) is 0.632. The summed E-state index contributed by atoms with van der Waals surface area (Å²) in [7, 11) is -0.611. The summed E-state index contributed by atoms with van der Waals surface area (Å²) in [5.74, 6) is -0.933. The van der Waals surface area contributed by atoms with Crippen molar-refractivity contribution in [3.05, 3.63) is 0 Å². The minimum absolute atomic E-state index is 0.520. The van der Waals surface area contributed by atoms with E-state index >= 15 is 0 Å². The van der Waals surface area contributed by atoms with Crippen molar-refractivity contribution in [3.63, 3.8) is 0 Å². The maximum absolute atomic E-state index is 10.1. The molecule has 0 aromatic carbocycles. The zero-order chi connectivity index (χ0) is 11.6. The second-order valence-electron chi connectivity index (χ2n) is 2.97. The van der Waals surface area contributed by atoms with Crippen LogP contribution in [0.3, 0.4) is 0 Å². The molecule has 14 heavy (non-hydrogen) atoms.